The van der Waals surface area contributed by atoms with Crippen LogP contribution in [-0.2, 0) is 13.0 Å². The smallest absolute Gasteiger partial charge is 0.0968 e. The second-order valence-electron chi connectivity index (χ2n) is 5.24. The van der Waals surface area contributed by atoms with Gasteiger partial charge in [0.25, 0.3) is 0 Å². The molecular formula is C18H17ClN2S. The Morgan fingerprint density at radius 3 is 2.77 bits per heavy atom. The molecule has 2 N–H and O–H groups in total. The first-order valence-electron chi connectivity index (χ1n) is 7.14. The second-order valence-corrected chi connectivity index (χ2v) is 6.63. The summed E-state index contributed by atoms with van der Waals surface area (Å²) in [5.41, 5.74) is 11.6. The fourth-order valence-corrected chi connectivity index (χ4v) is 3.59. The molecule has 3 rings (SSSR count). The van der Waals surface area contributed by atoms with Gasteiger partial charge in [-0.1, -0.05) is 47.5 Å². The monoisotopic (exact) mass is 328 g/mol. The van der Waals surface area contributed by atoms with Gasteiger partial charge in [-0.3, -0.25) is 0 Å². The normalized spacial score (nSPS) is 10.9. The molecule has 0 saturated heterocycles. The maximum atomic E-state index is 6.47. The maximum absolute atomic E-state index is 6.47. The Balaban J connectivity index is 2.15. The molecule has 22 heavy (non-hydrogen) atoms. The van der Waals surface area contributed by atoms with Crippen molar-refractivity contribution in [2.45, 2.75) is 19.9 Å². The Morgan fingerprint density at radius 2 is 2.05 bits per heavy atom. The molecular weight excluding hydrogens is 312 g/mol. The number of rotatable bonds is 4. The summed E-state index contributed by atoms with van der Waals surface area (Å²) in [5.74, 6) is 0. The summed E-state index contributed by atoms with van der Waals surface area (Å²) in [6, 6.07) is 12.4. The zero-order chi connectivity index (χ0) is 15.5. The molecule has 2 nitrogen and oxygen atoms in total. The van der Waals surface area contributed by atoms with Crippen molar-refractivity contribution in [3.8, 4) is 11.1 Å². The van der Waals surface area contributed by atoms with Crippen molar-refractivity contribution in [3.05, 3.63) is 74.7 Å². The van der Waals surface area contributed by atoms with Crippen molar-refractivity contribution in [2.75, 3.05) is 0 Å². The van der Waals surface area contributed by atoms with Gasteiger partial charge in [0.2, 0.25) is 0 Å². The van der Waals surface area contributed by atoms with Crippen molar-refractivity contribution in [1.29, 1.82) is 0 Å². The number of benzene rings is 2. The molecule has 1 aromatic heterocycles. The van der Waals surface area contributed by atoms with Crippen LogP contribution < -0.4 is 5.73 Å². The number of hydrogen-bond acceptors (Lipinski definition) is 3. The highest BCUT2D eigenvalue weighted by atomic mass is 35.5. The fraction of sp³-hybridized carbons (Fsp3) is 0.167. The molecule has 4 heteroatoms. The average molecular weight is 329 g/mol. The van der Waals surface area contributed by atoms with Crippen LogP contribution in [0.25, 0.3) is 11.1 Å². The summed E-state index contributed by atoms with van der Waals surface area (Å²) >= 11 is 8.14. The molecule has 0 saturated carbocycles. The molecule has 3 aromatic rings. The molecule has 0 amide bonds. The summed E-state index contributed by atoms with van der Waals surface area (Å²) < 4.78 is 0. The predicted octanol–water partition coefficient (Wildman–Crippen LogP) is 4.82. The summed E-state index contributed by atoms with van der Waals surface area (Å²) in [7, 11) is 0. The van der Waals surface area contributed by atoms with Crippen LogP contribution >= 0.6 is 22.9 Å². The number of aromatic nitrogens is 1. The molecule has 1 heterocycles. The van der Waals surface area contributed by atoms with Crippen molar-refractivity contribution in [3.63, 3.8) is 0 Å². The third-order valence-corrected chi connectivity index (χ3v) is 4.77. The molecule has 0 fully saturated rings. The van der Waals surface area contributed by atoms with Gasteiger partial charge in [0.15, 0.2) is 0 Å². The molecule has 0 aliphatic carbocycles. The third-order valence-electron chi connectivity index (χ3n) is 3.68. The van der Waals surface area contributed by atoms with Crippen LogP contribution in [0.2, 0.25) is 5.02 Å². The highest BCUT2D eigenvalue weighted by Gasteiger charge is 2.14. The highest BCUT2D eigenvalue weighted by molar-refractivity contribution is 7.09. The first kappa shape index (κ1) is 15.2. The van der Waals surface area contributed by atoms with Crippen LogP contribution in [0.5, 0.6) is 0 Å². The van der Waals surface area contributed by atoms with Gasteiger partial charge >= 0.3 is 0 Å². The second kappa shape index (κ2) is 6.61. The van der Waals surface area contributed by atoms with E-state index in [1.165, 1.54) is 11.1 Å². The Hall–Kier alpha value is -1.68. The minimum Gasteiger partial charge on any atom is -0.326 e. The minimum atomic E-state index is 0.473. The van der Waals surface area contributed by atoms with E-state index >= 15 is 0 Å². The van der Waals surface area contributed by atoms with Gasteiger partial charge in [-0.2, -0.15) is 0 Å². The minimum absolute atomic E-state index is 0.473. The standard InChI is InChI=1S/C18H17ClN2S/c1-12-5-6-15(14(9-12)10-17-21-7-8-22-17)18-13(11-20)3-2-4-16(18)19/h2-9H,10-11,20H2,1H3. The van der Waals surface area contributed by atoms with Gasteiger partial charge in [-0.15, -0.1) is 11.3 Å². The number of thiazole rings is 1. The van der Waals surface area contributed by atoms with Crippen LogP contribution in [-0.4, -0.2) is 4.98 Å². The summed E-state index contributed by atoms with van der Waals surface area (Å²) in [6.45, 7) is 2.58. The Labute approximate surface area is 139 Å². The first-order valence-corrected chi connectivity index (χ1v) is 8.40. The summed E-state index contributed by atoms with van der Waals surface area (Å²) in [4.78, 5) is 4.40. The molecule has 0 unspecified atom stereocenters. The summed E-state index contributed by atoms with van der Waals surface area (Å²) in [5, 5.41) is 3.85. The summed E-state index contributed by atoms with van der Waals surface area (Å²) in [6.07, 6.45) is 2.65. The zero-order valence-electron chi connectivity index (χ0n) is 12.3. The fourth-order valence-electron chi connectivity index (χ4n) is 2.66. The van der Waals surface area contributed by atoms with Crippen molar-refractivity contribution in [1.82, 2.24) is 4.98 Å². The number of aryl methyl sites for hydroxylation is 1. The van der Waals surface area contributed by atoms with E-state index in [-0.39, 0.29) is 0 Å². The molecule has 2 aromatic carbocycles. The van der Waals surface area contributed by atoms with Crippen LogP contribution in [0.1, 0.15) is 21.7 Å². The maximum Gasteiger partial charge on any atom is 0.0968 e. The number of nitrogens with zero attached hydrogens (tertiary/aromatic N) is 1. The lowest BCUT2D eigenvalue weighted by atomic mass is 9.92. The molecule has 0 aliphatic rings. The highest BCUT2D eigenvalue weighted by Crippen LogP contribution is 2.35. The molecule has 112 valence electrons. The van der Waals surface area contributed by atoms with E-state index in [1.807, 2.05) is 29.8 Å². The van der Waals surface area contributed by atoms with Gasteiger partial charge in [-0.05, 0) is 29.7 Å². The number of hydrogen-bond donors (Lipinski definition) is 1. The van der Waals surface area contributed by atoms with Gasteiger partial charge in [0.05, 0.1) is 5.01 Å². The number of halogens is 1. The van der Waals surface area contributed by atoms with Gasteiger partial charge in [0.1, 0.15) is 0 Å². The lowest BCUT2D eigenvalue weighted by molar-refractivity contribution is 1.07. The van der Waals surface area contributed by atoms with Crippen molar-refractivity contribution >= 4 is 22.9 Å². The quantitative estimate of drug-likeness (QED) is 0.745. The van der Waals surface area contributed by atoms with Crippen LogP contribution in [0.15, 0.2) is 48.0 Å². The molecule has 0 aliphatic heterocycles. The van der Waals surface area contributed by atoms with Crippen molar-refractivity contribution < 1.29 is 0 Å². The topological polar surface area (TPSA) is 38.9 Å². The van der Waals surface area contributed by atoms with E-state index in [0.717, 1.165) is 33.1 Å². The van der Waals surface area contributed by atoms with Gasteiger partial charge in [0, 0.05) is 35.1 Å². The average Bonchev–Trinajstić information content (AvgIpc) is 3.01. The predicted molar refractivity (Wildman–Crippen MR) is 94.4 cm³/mol. The largest absolute Gasteiger partial charge is 0.326 e. The zero-order valence-corrected chi connectivity index (χ0v) is 13.9. The van der Waals surface area contributed by atoms with Gasteiger partial charge < -0.3 is 5.73 Å². The molecule has 0 bridgehead atoms. The van der Waals surface area contributed by atoms with E-state index in [4.69, 9.17) is 17.3 Å². The molecule has 0 radical (unpaired) electrons. The van der Waals surface area contributed by atoms with Crippen LogP contribution in [0, 0.1) is 6.92 Å². The van der Waals surface area contributed by atoms with E-state index < -0.39 is 0 Å². The Bertz CT molecular complexity index is 782. The van der Waals surface area contributed by atoms with E-state index in [9.17, 15) is 0 Å². The lowest BCUT2D eigenvalue weighted by Gasteiger charge is -2.15. The van der Waals surface area contributed by atoms with Crippen molar-refractivity contribution in [2.24, 2.45) is 5.73 Å². The van der Waals surface area contributed by atoms with Crippen LogP contribution in [0.3, 0.4) is 0 Å². The molecule has 0 atom stereocenters. The van der Waals surface area contributed by atoms with Gasteiger partial charge in [-0.25, -0.2) is 4.98 Å². The lowest BCUT2D eigenvalue weighted by Crippen LogP contribution is -2.01. The van der Waals surface area contributed by atoms with Crippen LogP contribution in [0.4, 0.5) is 0 Å². The Morgan fingerprint density at radius 1 is 1.18 bits per heavy atom. The van der Waals surface area contributed by atoms with E-state index in [0.29, 0.717) is 6.54 Å². The third kappa shape index (κ3) is 3.07. The Kier molecular flexibility index (Phi) is 4.57. The SMILES string of the molecule is Cc1ccc(-c2c(Cl)cccc2CN)c(Cc2nccs2)c1. The first-order chi connectivity index (χ1) is 10.7. The molecule has 0 spiro atoms. The number of nitrogens with two attached hydrogens (primary N) is 1. The van der Waals surface area contributed by atoms with E-state index in [1.54, 1.807) is 11.3 Å². The van der Waals surface area contributed by atoms with E-state index in [2.05, 4.69) is 30.1 Å².